The highest BCUT2D eigenvalue weighted by molar-refractivity contribution is 7.89. The van der Waals surface area contributed by atoms with E-state index >= 15 is 0 Å². The average molecular weight is 333 g/mol. The second-order valence-corrected chi connectivity index (χ2v) is 7.38. The molecule has 0 fully saturated rings. The monoisotopic (exact) mass is 333 g/mol. The molecule has 0 aromatic heterocycles. The highest BCUT2D eigenvalue weighted by atomic mass is 32.2. The number of methoxy groups -OCH3 is 1. The fraction of sp³-hybridized carbons (Fsp3) is 0.333. The Bertz CT molecular complexity index is 742. The molecule has 0 unspecified atom stereocenters. The summed E-state index contributed by atoms with van der Waals surface area (Å²) in [5, 5.41) is 0. The van der Waals surface area contributed by atoms with Crippen LogP contribution in [0.3, 0.4) is 0 Å². The summed E-state index contributed by atoms with van der Waals surface area (Å²) in [6.45, 7) is 3.74. The first-order valence-electron chi connectivity index (χ1n) is 7.63. The molecule has 4 nitrogen and oxygen atoms in total. The molecule has 2 aromatic carbocycles. The first-order chi connectivity index (χ1) is 10.9. The Labute approximate surface area is 138 Å². The molecule has 2 aromatic rings. The summed E-state index contributed by atoms with van der Waals surface area (Å²) in [6.07, 6.45) is 1.56. The van der Waals surface area contributed by atoms with Gasteiger partial charge in [0, 0.05) is 6.04 Å². The third-order valence-corrected chi connectivity index (χ3v) is 5.28. The third kappa shape index (κ3) is 4.81. The quantitative estimate of drug-likeness (QED) is 0.846. The lowest BCUT2D eigenvalue weighted by molar-refractivity contribution is 0.401. The molecule has 5 heteroatoms. The Balaban J connectivity index is 2.07. The zero-order valence-electron chi connectivity index (χ0n) is 13.7. The molecule has 0 aliphatic carbocycles. The zero-order valence-corrected chi connectivity index (χ0v) is 14.6. The van der Waals surface area contributed by atoms with Gasteiger partial charge in [-0.1, -0.05) is 36.4 Å². The summed E-state index contributed by atoms with van der Waals surface area (Å²) < 4.78 is 33.1. The zero-order chi connectivity index (χ0) is 16.9. The Hall–Kier alpha value is -1.85. The van der Waals surface area contributed by atoms with E-state index in [9.17, 15) is 8.42 Å². The van der Waals surface area contributed by atoms with Gasteiger partial charge in [-0.2, -0.15) is 0 Å². The van der Waals surface area contributed by atoms with E-state index in [0.29, 0.717) is 5.75 Å². The summed E-state index contributed by atoms with van der Waals surface area (Å²) in [7, 11) is -2.13. The second-order valence-electron chi connectivity index (χ2n) is 5.70. The third-order valence-electron chi connectivity index (χ3n) is 3.67. The number of aryl methyl sites for hydroxylation is 2. The van der Waals surface area contributed by atoms with Crippen molar-refractivity contribution in [1.82, 2.24) is 4.72 Å². The minimum absolute atomic E-state index is 0.162. The van der Waals surface area contributed by atoms with Crippen LogP contribution < -0.4 is 9.46 Å². The van der Waals surface area contributed by atoms with Gasteiger partial charge in [0.25, 0.3) is 0 Å². The van der Waals surface area contributed by atoms with Crippen LogP contribution in [-0.2, 0) is 16.4 Å². The van der Waals surface area contributed by atoms with Crippen molar-refractivity contribution in [2.24, 2.45) is 0 Å². The molecule has 0 radical (unpaired) electrons. The average Bonchev–Trinajstić information content (AvgIpc) is 2.53. The maximum Gasteiger partial charge on any atom is 0.244 e. The van der Waals surface area contributed by atoms with Gasteiger partial charge in [-0.3, -0.25) is 0 Å². The molecule has 0 bridgehead atoms. The molecular formula is C18H23NO3S. The number of hydrogen-bond donors (Lipinski definition) is 1. The van der Waals surface area contributed by atoms with E-state index in [1.165, 1.54) is 12.7 Å². The summed E-state index contributed by atoms with van der Waals surface area (Å²) in [4.78, 5) is 0.187. The normalized spacial score (nSPS) is 12.8. The van der Waals surface area contributed by atoms with Crippen molar-refractivity contribution in [3.63, 3.8) is 0 Å². The van der Waals surface area contributed by atoms with Crippen LogP contribution in [0.25, 0.3) is 0 Å². The Morgan fingerprint density at radius 1 is 1.13 bits per heavy atom. The first-order valence-corrected chi connectivity index (χ1v) is 9.11. The predicted molar refractivity (Wildman–Crippen MR) is 92.3 cm³/mol. The van der Waals surface area contributed by atoms with Crippen molar-refractivity contribution >= 4 is 10.0 Å². The summed E-state index contributed by atoms with van der Waals surface area (Å²) in [5.41, 5.74) is 2.08. The van der Waals surface area contributed by atoms with Crippen molar-refractivity contribution in [3.05, 3.63) is 59.7 Å². The molecule has 0 amide bonds. The molecule has 1 N–H and O–H groups in total. The van der Waals surface area contributed by atoms with Crippen molar-refractivity contribution in [1.29, 1.82) is 0 Å². The van der Waals surface area contributed by atoms with E-state index in [1.807, 2.05) is 50.2 Å². The first kappa shape index (κ1) is 17.5. The van der Waals surface area contributed by atoms with Crippen LogP contribution in [0.15, 0.2) is 53.4 Å². The van der Waals surface area contributed by atoms with E-state index in [0.717, 1.165) is 18.4 Å². The molecule has 0 spiro atoms. The van der Waals surface area contributed by atoms with Crippen molar-refractivity contribution in [2.75, 3.05) is 7.11 Å². The Morgan fingerprint density at radius 3 is 2.48 bits per heavy atom. The number of nitrogens with one attached hydrogen (secondary N) is 1. The fourth-order valence-corrected chi connectivity index (χ4v) is 3.94. The lowest BCUT2D eigenvalue weighted by Crippen LogP contribution is -2.33. The highest BCUT2D eigenvalue weighted by Gasteiger charge is 2.21. The van der Waals surface area contributed by atoms with Gasteiger partial charge in [0.15, 0.2) is 0 Å². The summed E-state index contributed by atoms with van der Waals surface area (Å²) in [6, 6.07) is 15.0. The molecule has 124 valence electrons. The van der Waals surface area contributed by atoms with E-state index in [-0.39, 0.29) is 10.9 Å². The number of ether oxygens (including phenoxy) is 1. The lowest BCUT2D eigenvalue weighted by Gasteiger charge is -2.16. The standard InChI is InChI=1S/C18H23NO3S/c1-14-9-12-17(22-3)18(13-14)23(20,21)19-15(2)10-11-16-7-5-4-6-8-16/h4-9,12-13,15,19H,10-11H2,1-3H3/t15-/m0/s1. The van der Waals surface area contributed by atoms with Crippen LogP contribution in [0.5, 0.6) is 5.75 Å². The molecule has 0 saturated carbocycles. The number of sulfonamides is 1. The minimum atomic E-state index is -3.60. The SMILES string of the molecule is COc1ccc(C)cc1S(=O)(=O)N[C@@H](C)CCc1ccccc1. The molecule has 2 rings (SSSR count). The van der Waals surface area contributed by atoms with Gasteiger partial charge >= 0.3 is 0 Å². The van der Waals surface area contributed by atoms with Crippen LogP contribution in [0.2, 0.25) is 0 Å². The van der Waals surface area contributed by atoms with Crippen molar-refractivity contribution in [3.8, 4) is 5.75 Å². The van der Waals surface area contributed by atoms with Crippen LogP contribution >= 0.6 is 0 Å². The minimum Gasteiger partial charge on any atom is -0.495 e. The van der Waals surface area contributed by atoms with Crippen LogP contribution in [-0.4, -0.2) is 21.6 Å². The largest absolute Gasteiger partial charge is 0.495 e. The molecule has 23 heavy (non-hydrogen) atoms. The molecule has 1 atom stereocenters. The van der Waals surface area contributed by atoms with E-state index in [4.69, 9.17) is 4.74 Å². The van der Waals surface area contributed by atoms with Gasteiger partial charge < -0.3 is 4.74 Å². The Kier molecular flexibility index (Phi) is 5.80. The van der Waals surface area contributed by atoms with Gasteiger partial charge in [0.2, 0.25) is 10.0 Å². The Morgan fingerprint density at radius 2 is 1.83 bits per heavy atom. The summed E-state index contributed by atoms with van der Waals surface area (Å²) >= 11 is 0. The highest BCUT2D eigenvalue weighted by Crippen LogP contribution is 2.25. The molecular weight excluding hydrogens is 310 g/mol. The number of hydrogen-bond acceptors (Lipinski definition) is 3. The van der Waals surface area contributed by atoms with Crippen LogP contribution in [0.1, 0.15) is 24.5 Å². The van der Waals surface area contributed by atoms with Gasteiger partial charge in [-0.05, 0) is 49.9 Å². The molecule has 0 aliphatic rings. The smallest absolute Gasteiger partial charge is 0.244 e. The van der Waals surface area contributed by atoms with Crippen LogP contribution in [0.4, 0.5) is 0 Å². The van der Waals surface area contributed by atoms with E-state index in [2.05, 4.69) is 4.72 Å². The maximum atomic E-state index is 12.6. The predicted octanol–water partition coefficient (Wildman–Crippen LogP) is 3.30. The lowest BCUT2D eigenvalue weighted by atomic mass is 10.1. The number of benzene rings is 2. The topological polar surface area (TPSA) is 55.4 Å². The molecule has 0 heterocycles. The van der Waals surface area contributed by atoms with Gasteiger partial charge in [0.05, 0.1) is 7.11 Å². The maximum absolute atomic E-state index is 12.6. The molecule has 0 saturated heterocycles. The van der Waals surface area contributed by atoms with E-state index in [1.54, 1.807) is 12.1 Å². The van der Waals surface area contributed by atoms with Gasteiger partial charge in [0.1, 0.15) is 10.6 Å². The fourth-order valence-electron chi connectivity index (χ4n) is 2.41. The van der Waals surface area contributed by atoms with Crippen molar-refractivity contribution < 1.29 is 13.2 Å². The molecule has 0 aliphatic heterocycles. The van der Waals surface area contributed by atoms with Crippen LogP contribution in [0, 0.1) is 6.92 Å². The van der Waals surface area contributed by atoms with Crippen molar-refractivity contribution in [2.45, 2.75) is 37.6 Å². The number of rotatable bonds is 7. The van der Waals surface area contributed by atoms with Gasteiger partial charge in [-0.15, -0.1) is 0 Å². The summed E-state index contributed by atoms with van der Waals surface area (Å²) in [5.74, 6) is 0.360. The van der Waals surface area contributed by atoms with E-state index < -0.39 is 10.0 Å². The second kappa shape index (κ2) is 7.62. The van der Waals surface area contributed by atoms with Gasteiger partial charge in [-0.25, -0.2) is 13.1 Å².